The quantitative estimate of drug-likeness (QED) is 0.218. The summed E-state index contributed by atoms with van der Waals surface area (Å²) >= 11 is 6.69. The summed E-state index contributed by atoms with van der Waals surface area (Å²) in [5.74, 6) is -4.62. The fourth-order valence-corrected chi connectivity index (χ4v) is 3.80. The van der Waals surface area contributed by atoms with E-state index < -0.39 is 34.6 Å². The minimum atomic E-state index is -1.18. The van der Waals surface area contributed by atoms with Crippen LogP contribution in [-0.4, -0.2) is 15.8 Å². The zero-order valence-electron chi connectivity index (χ0n) is 14.8. The van der Waals surface area contributed by atoms with Crippen LogP contribution < -0.4 is 4.72 Å². The second-order valence-corrected chi connectivity index (χ2v) is 7.37. The van der Waals surface area contributed by atoms with Crippen LogP contribution in [0.25, 0.3) is 11.0 Å². The highest BCUT2D eigenvalue weighted by atomic mass is 35.5. The standard InChI is InChI=1S/C20H10ClF4N3OS/c21-11-5-6-26-20-16(11)10(8-27-20)19(29)17-13(24)3-4-14(18(17)25)28-30-15-7-9(22)1-2-12(15)23/h1-8,28H,(H,26,27). The van der Waals surface area contributed by atoms with Gasteiger partial charge in [0.05, 0.1) is 26.7 Å². The van der Waals surface area contributed by atoms with E-state index in [1.165, 1.54) is 18.5 Å². The Balaban J connectivity index is 1.70. The van der Waals surface area contributed by atoms with Crippen LogP contribution in [0.4, 0.5) is 23.2 Å². The molecule has 0 saturated carbocycles. The van der Waals surface area contributed by atoms with Gasteiger partial charge in [-0.2, -0.15) is 0 Å². The van der Waals surface area contributed by atoms with Gasteiger partial charge in [-0.25, -0.2) is 22.5 Å². The molecule has 4 aromatic rings. The topological polar surface area (TPSA) is 57.8 Å². The van der Waals surface area contributed by atoms with Gasteiger partial charge in [-0.3, -0.25) is 4.79 Å². The second-order valence-electron chi connectivity index (χ2n) is 6.11. The summed E-state index contributed by atoms with van der Waals surface area (Å²) in [6.07, 6.45) is 2.69. The number of benzene rings is 2. The van der Waals surface area contributed by atoms with Crippen molar-refractivity contribution < 1.29 is 22.4 Å². The van der Waals surface area contributed by atoms with Crippen molar-refractivity contribution in [2.75, 3.05) is 4.72 Å². The number of fused-ring (bicyclic) bond motifs is 1. The van der Waals surface area contributed by atoms with E-state index in [-0.39, 0.29) is 32.2 Å². The van der Waals surface area contributed by atoms with Gasteiger partial charge in [-0.05, 0) is 48.3 Å². The number of carbonyl (C=O) groups excluding carboxylic acids is 1. The molecular weight excluding hydrogens is 442 g/mol. The van der Waals surface area contributed by atoms with Crippen molar-refractivity contribution in [2.24, 2.45) is 0 Å². The molecule has 10 heteroatoms. The highest BCUT2D eigenvalue weighted by Gasteiger charge is 2.25. The first-order valence-electron chi connectivity index (χ1n) is 8.39. The summed E-state index contributed by atoms with van der Waals surface area (Å²) in [5.41, 5.74) is -0.862. The number of hydrogen-bond donors (Lipinski definition) is 2. The number of H-pyrrole nitrogens is 1. The van der Waals surface area contributed by atoms with Crippen LogP contribution in [0.1, 0.15) is 15.9 Å². The first-order chi connectivity index (χ1) is 14.4. The maximum absolute atomic E-state index is 15.0. The van der Waals surface area contributed by atoms with Gasteiger partial charge in [0.1, 0.15) is 23.1 Å². The Labute approximate surface area is 176 Å². The smallest absolute Gasteiger partial charge is 0.201 e. The number of hydrogen-bond acceptors (Lipinski definition) is 4. The Hall–Kier alpha value is -3.04. The number of nitrogens with zero attached hydrogens (tertiary/aromatic N) is 1. The van der Waals surface area contributed by atoms with Gasteiger partial charge in [0.2, 0.25) is 5.78 Å². The van der Waals surface area contributed by atoms with Crippen LogP contribution >= 0.6 is 23.5 Å². The molecule has 0 amide bonds. The minimum absolute atomic E-state index is 0.0538. The van der Waals surface area contributed by atoms with Crippen LogP contribution in [0, 0.1) is 23.3 Å². The second kappa shape index (κ2) is 8.00. The zero-order chi connectivity index (χ0) is 21.4. The predicted octanol–water partition coefficient (Wildman–Crippen LogP) is 6.12. The average molecular weight is 452 g/mol. The molecule has 2 heterocycles. The molecule has 2 aromatic carbocycles. The van der Waals surface area contributed by atoms with E-state index in [9.17, 15) is 22.4 Å². The number of nitrogens with one attached hydrogen (secondary N) is 2. The number of rotatable bonds is 5. The van der Waals surface area contributed by atoms with E-state index in [0.29, 0.717) is 11.9 Å². The summed E-state index contributed by atoms with van der Waals surface area (Å²) in [6.45, 7) is 0. The van der Waals surface area contributed by atoms with E-state index >= 15 is 0 Å². The molecule has 4 rings (SSSR count). The molecule has 0 unspecified atom stereocenters. The Morgan fingerprint density at radius 3 is 2.63 bits per heavy atom. The van der Waals surface area contributed by atoms with Gasteiger partial charge in [-0.1, -0.05) is 11.6 Å². The van der Waals surface area contributed by atoms with Gasteiger partial charge in [0, 0.05) is 17.8 Å². The lowest BCUT2D eigenvalue weighted by Crippen LogP contribution is -2.09. The van der Waals surface area contributed by atoms with Gasteiger partial charge >= 0.3 is 0 Å². The van der Waals surface area contributed by atoms with Crippen LogP contribution in [-0.2, 0) is 0 Å². The van der Waals surface area contributed by atoms with Crippen LogP contribution in [0.2, 0.25) is 5.02 Å². The van der Waals surface area contributed by atoms with Crippen molar-refractivity contribution in [1.29, 1.82) is 0 Å². The van der Waals surface area contributed by atoms with Gasteiger partial charge in [-0.15, -0.1) is 0 Å². The Morgan fingerprint density at radius 1 is 1.07 bits per heavy atom. The van der Waals surface area contributed by atoms with Gasteiger partial charge < -0.3 is 9.71 Å². The van der Waals surface area contributed by atoms with E-state index in [2.05, 4.69) is 14.7 Å². The normalized spacial score (nSPS) is 11.1. The van der Waals surface area contributed by atoms with Gasteiger partial charge in [0.15, 0.2) is 5.82 Å². The third-order valence-corrected chi connectivity index (χ3v) is 5.42. The number of aromatic amines is 1. The largest absolute Gasteiger partial charge is 0.345 e. The first-order valence-corrected chi connectivity index (χ1v) is 9.58. The van der Waals surface area contributed by atoms with E-state index in [1.807, 2.05) is 0 Å². The van der Waals surface area contributed by atoms with Crippen LogP contribution in [0.5, 0.6) is 0 Å². The number of aromatic nitrogens is 2. The fraction of sp³-hybridized carbons (Fsp3) is 0. The number of anilines is 1. The number of ketones is 1. The number of carbonyl (C=O) groups is 1. The fourth-order valence-electron chi connectivity index (χ4n) is 2.84. The van der Waals surface area contributed by atoms with Crippen LogP contribution in [0.3, 0.4) is 0 Å². The molecule has 152 valence electrons. The Morgan fingerprint density at radius 2 is 1.83 bits per heavy atom. The molecule has 0 saturated heterocycles. The highest BCUT2D eigenvalue weighted by molar-refractivity contribution is 8.00. The summed E-state index contributed by atoms with van der Waals surface area (Å²) in [4.78, 5) is 19.5. The number of halogens is 5. The highest BCUT2D eigenvalue weighted by Crippen LogP contribution is 2.32. The maximum atomic E-state index is 15.0. The summed E-state index contributed by atoms with van der Waals surface area (Å²) in [6, 6.07) is 6.18. The number of pyridine rings is 1. The SMILES string of the molecule is O=C(c1c(F)ccc(NSc2cc(F)ccc2F)c1F)c1c[nH]c2nccc(Cl)c12. The molecule has 0 aliphatic carbocycles. The van der Waals surface area contributed by atoms with E-state index in [1.54, 1.807) is 0 Å². The molecule has 2 aromatic heterocycles. The molecule has 0 fully saturated rings. The molecule has 0 aliphatic heterocycles. The van der Waals surface area contributed by atoms with E-state index in [4.69, 9.17) is 11.6 Å². The maximum Gasteiger partial charge on any atom is 0.201 e. The van der Waals surface area contributed by atoms with Crippen molar-refractivity contribution in [2.45, 2.75) is 4.90 Å². The van der Waals surface area contributed by atoms with Crippen molar-refractivity contribution >= 4 is 46.1 Å². The molecule has 2 N–H and O–H groups in total. The van der Waals surface area contributed by atoms with Crippen molar-refractivity contribution in [1.82, 2.24) is 9.97 Å². The molecule has 0 spiro atoms. The third kappa shape index (κ3) is 3.61. The molecule has 0 radical (unpaired) electrons. The van der Waals surface area contributed by atoms with Gasteiger partial charge in [0.25, 0.3) is 0 Å². The summed E-state index contributed by atoms with van der Waals surface area (Å²) in [7, 11) is 0. The van der Waals surface area contributed by atoms with Crippen molar-refractivity contribution in [3.05, 3.63) is 88.2 Å². The van der Waals surface area contributed by atoms with Crippen LogP contribution in [0.15, 0.2) is 53.7 Å². The van der Waals surface area contributed by atoms with E-state index in [0.717, 1.165) is 30.3 Å². The monoisotopic (exact) mass is 451 g/mol. The lowest BCUT2D eigenvalue weighted by Gasteiger charge is -2.11. The first kappa shape index (κ1) is 20.2. The average Bonchev–Trinajstić information content (AvgIpc) is 3.15. The molecule has 0 aliphatic rings. The summed E-state index contributed by atoms with van der Waals surface area (Å²) in [5, 5.41) is 0.425. The molecule has 4 nitrogen and oxygen atoms in total. The lowest BCUT2D eigenvalue weighted by atomic mass is 10.0. The molecule has 0 atom stereocenters. The lowest BCUT2D eigenvalue weighted by molar-refractivity contribution is 0.103. The minimum Gasteiger partial charge on any atom is -0.345 e. The van der Waals surface area contributed by atoms with Crippen molar-refractivity contribution in [3.8, 4) is 0 Å². The zero-order valence-corrected chi connectivity index (χ0v) is 16.3. The Bertz CT molecular complexity index is 1290. The molecular formula is C20H10ClF4N3OS. The molecule has 0 bridgehead atoms. The third-order valence-electron chi connectivity index (χ3n) is 4.25. The van der Waals surface area contributed by atoms with Crippen molar-refractivity contribution in [3.63, 3.8) is 0 Å². The predicted molar refractivity (Wildman–Crippen MR) is 107 cm³/mol. The summed E-state index contributed by atoms with van der Waals surface area (Å²) < 4.78 is 58.9. The Kier molecular flexibility index (Phi) is 5.40. The molecule has 30 heavy (non-hydrogen) atoms.